The third-order valence-corrected chi connectivity index (χ3v) is 1.78. The summed E-state index contributed by atoms with van der Waals surface area (Å²) in [6.45, 7) is 0.727. The van der Waals surface area contributed by atoms with E-state index in [0.717, 1.165) is 6.54 Å². The molecule has 2 rings (SSSR count). The van der Waals surface area contributed by atoms with Gasteiger partial charge in [0.15, 0.2) is 6.29 Å². The molecule has 0 radical (unpaired) electrons. The SMILES string of the molecule is O=C1CCNC2N=CC=CN12. The molecule has 0 aromatic carbocycles. The van der Waals surface area contributed by atoms with E-state index >= 15 is 0 Å². The molecule has 1 unspecified atom stereocenters. The van der Waals surface area contributed by atoms with Gasteiger partial charge in [-0.25, -0.2) is 0 Å². The molecule has 1 saturated heterocycles. The van der Waals surface area contributed by atoms with Crippen LogP contribution in [0.1, 0.15) is 6.42 Å². The number of aliphatic imine (C=N–C) groups is 1. The molecule has 11 heavy (non-hydrogen) atoms. The van der Waals surface area contributed by atoms with Gasteiger partial charge in [0.25, 0.3) is 0 Å². The fourth-order valence-corrected chi connectivity index (χ4v) is 1.22. The minimum atomic E-state index is -0.152. The molecule has 0 aliphatic carbocycles. The molecule has 0 aromatic rings. The van der Waals surface area contributed by atoms with Crippen LogP contribution in [-0.4, -0.2) is 29.9 Å². The van der Waals surface area contributed by atoms with Crippen LogP contribution in [0.5, 0.6) is 0 Å². The highest BCUT2D eigenvalue weighted by Crippen LogP contribution is 2.09. The van der Waals surface area contributed by atoms with Crippen LogP contribution in [0.15, 0.2) is 17.3 Å². The largest absolute Gasteiger partial charge is 0.283 e. The molecule has 2 aliphatic rings. The first-order chi connectivity index (χ1) is 5.38. The molecule has 4 nitrogen and oxygen atoms in total. The third-order valence-electron chi connectivity index (χ3n) is 1.78. The van der Waals surface area contributed by atoms with Gasteiger partial charge in [0, 0.05) is 25.4 Å². The van der Waals surface area contributed by atoms with Crippen molar-refractivity contribution in [1.82, 2.24) is 10.2 Å². The van der Waals surface area contributed by atoms with Gasteiger partial charge in [-0.1, -0.05) is 0 Å². The predicted octanol–water partition coefficient (Wildman–Crippen LogP) is -0.310. The van der Waals surface area contributed by atoms with E-state index in [0.29, 0.717) is 6.42 Å². The molecular weight excluding hydrogens is 142 g/mol. The summed E-state index contributed by atoms with van der Waals surface area (Å²) in [6, 6.07) is 0. The predicted molar refractivity (Wildman–Crippen MR) is 40.9 cm³/mol. The van der Waals surface area contributed by atoms with Crippen LogP contribution in [0.2, 0.25) is 0 Å². The van der Waals surface area contributed by atoms with Gasteiger partial charge in [-0.15, -0.1) is 0 Å². The summed E-state index contributed by atoms with van der Waals surface area (Å²) in [4.78, 5) is 16.9. The van der Waals surface area contributed by atoms with Crippen molar-refractivity contribution in [3.8, 4) is 0 Å². The van der Waals surface area contributed by atoms with Crippen LogP contribution in [-0.2, 0) is 4.79 Å². The molecule has 1 N–H and O–H groups in total. The summed E-state index contributed by atoms with van der Waals surface area (Å²) >= 11 is 0. The van der Waals surface area contributed by atoms with E-state index in [4.69, 9.17) is 0 Å². The number of carbonyl (C=O) groups excluding carboxylic acids is 1. The van der Waals surface area contributed by atoms with E-state index in [1.54, 1.807) is 23.4 Å². The molecule has 58 valence electrons. The summed E-state index contributed by atoms with van der Waals surface area (Å²) in [5.74, 6) is 0.141. The van der Waals surface area contributed by atoms with Crippen LogP contribution in [0.4, 0.5) is 0 Å². The topological polar surface area (TPSA) is 44.7 Å². The normalized spacial score (nSPS) is 28.9. The highest BCUT2D eigenvalue weighted by Gasteiger charge is 2.25. The number of carbonyl (C=O) groups is 1. The van der Waals surface area contributed by atoms with Gasteiger partial charge in [-0.05, 0) is 6.08 Å². The molecule has 1 atom stereocenters. The zero-order valence-electron chi connectivity index (χ0n) is 6.03. The number of hydrogen-bond acceptors (Lipinski definition) is 3. The van der Waals surface area contributed by atoms with Crippen LogP contribution < -0.4 is 5.32 Å². The van der Waals surface area contributed by atoms with Crippen LogP contribution in [0.3, 0.4) is 0 Å². The van der Waals surface area contributed by atoms with Crippen LogP contribution in [0, 0.1) is 0 Å². The number of nitrogens with zero attached hydrogens (tertiary/aromatic N) is 2. The Balaban J connectivity index is 2.20. The van der Waals surface area contributed by atoms with E-state index in [-0.39, 0.29) is 12.2 Å². The van der Waals surface area contributed by atoms with Gasteiger partial charge in [0.05, 0.1) is 0 Å². The second kappa shape index (κ2) is 2.47. The number of fused-ring (bicyclic) bond motifs is 1. The summed E-state index contributed by atoms with van der Waals surface area (Å²) in [5, 5.41) is 3.11. The lowest BCUT2D eigenvalue weighted by Crippen LogP contribution is -2.51. The van der Waals surface area contributed by atoms with Gasteiger partial charge in [-0.2, -0.15) is 0 Å². The van der Waals surface area contributed by atoms with Gasteiger partial charge < -0.3 is 0 Å². The van der Waals surface area contributed by atoms with E-state index in [2.05, 4.69) is 10.3 Å². The fraction of sp³-hybridized carbons (Fsp3) is 0.429. The Morgan fingerprint density at radius 2 is 2.64 bits per heavy atom. The Bertz CT molecular complexity index is 234. The van der Waals surface area contributed by atoms with E-state index in [9.17, 15) is 4.79 Å². The second-order valence-electron chi connectivity index (χ2n) is 2.52. The van der Waals surface area contributed by atoms with E-state index in [1.165, 1.54) is 0 Å². The first-order valence-electron chi connectivity index (χ1n) is 3.62. The molecule has 1 fully saturated rings. The number of nitrogens with one attached hydrogen (secondary N) is 1. The molecule has 0 spiro atoms. The standard InChI is InChI=1S/C7H9N3O/c11-6-2-4-9-7-8-3-1-5-10(6)7/h1,3,5,7,9H,2,4H2. The maximum absolute atomic E-state index is 11.2. The third kappa shape index (κ3) is 1.05. The minimum absolute atomic E-state index is 0.141. The first-order valence-corrected chi connectivity index (χ1v) is 3.62. The maximum Gasteiger partial charge on any atom is 0.230 e. The van der Waals surface area contributed by atoms with Gasteiger partial charge in [0.1, 0.15) is 0 Å². The van der Waals surface area contributed by atoms with E-state index < -0.39 is 0 Å². The van der Waals surface area contributed by atoms with Crippen molar-refractivity contribution in [3.63, 3.8) is 0 Å². The minimum Gasteiger partial charge on any atom is -0.283 e. The molecule has 2 heterocycles. The molecule has 0 saturated carbocycles. The quantitative estimate of drug-likeness (QED) is 0.516. The number of rotatable bonds is 0. The monoisotopic (exact) mass is 151 g/mol. The van der Waals surface area contributed by atoms with Gasteiger partial charge >= 0.3 is 0 Å². The van der Waals surface area contributed by atoms with Crippen molar-refractivity contribution in [2.75, 3.05) is 6.54 Å². The summed E-state index contributed by atoms with van der Waals surface area (Å²) in [7, 11) is 0. The molecule has 1 amide bonds. The zero-order chi connectivity index (χ0) is 7.68. The van der Waals surface area contributed by atoms with Crippen molar-refractivity contribution >= 4 is 12.1 Å². The van der Waals surface area contributed by atoms with Gasteiger partial charge in [0.2, 0.25) is 5.91 Å². The Morgan fingerprint density at radius 1 is 1.73 bits per heavy atom. The van der Waals surface area contributed by atoms with E-state index in [1.807, 2.05) is 0 Å². The lowest BCUT2D eigenvalue weighted by atomic mass is 10.3. The van der Waals surface area contributed by atoms with Crippen LogP contribution >= 0.6 is 0 Å². The smallest absolute Gasteiger partial charge is 0.230 e. The fourth-order valence-electron chi connectivity index (χ4n) is 1.22. The molecule has 4 heteroatoms. The lowest BCUT2D eigenvalue weighted by molar-refractivity contribution is -0.133. The Morgan fingerprint density at radius 3 is 3.45 bits per heavy atom. The average Bonchev–Trinajstić information content (AvgIpc) is 2.06. The first kappa shape index (κ1) is 6.54. The van der Waals surface area contributed by atoms with Crippen molar-refractivity contribution in [1.29, 1.82) is 0 Å². The molecule has 0 aromatic heterocycles. The Labute approximate surface area is 64.6 Å². The van der Waals surface area contributed by atoms with Crippen molar-refractivity contribution in [2.45, 2.75) is 12.7 Å². The summed E-state index contributed by atoms with van der Waals surface area (Å²) < 4.78 is 0. The Hall–Kier alpha value is -1.16. The molecule has 2 aliphatic heterocycles. The zero-order valence-corrected chi connectivity index (χ0v) is 6.03. The highest BCUT2D eigenvalue weighted by molar-refractivity contribution is 5.81. The molecular formula is C7H9N3O. The maximum atomic E-state index is 11.2. The van der Waals surface area contributed by atoms with Crippen molar-refractivity contribution < 1.29 is 4.79 Å². The molecule has 0 bridgehead atoms. The second-order valence-corrected chi connectivity index (χ2v) is 2.52. The van der Waals surface area contributed by atoms with Gasteiger partial charge in [-0.3, -0.25) is 20.0 Å². The number of allylic oxidation sites excluding steroid dienone is 1. The number of hydrogen-bond donors (Lipinski definition) is 1. The highest BCUT2D eigenvalue weighted by atomic mass is 16.2. The Kier molecular flexibility index (Phi) is 1.47. The van der Waals surface area contributed by atoms with Crippen LogP contribution in [0.25, 0.3) is 0 Å². The summed E-state index contributed by atoms with van der Waals surface area (Å²) in [5.41, 5.74) is 0. The lowest BCUT2D eigenvalue weighted by Gasteiger charge is -2.32. The average molecular weight is 151 g/mol. The summed E-state index contributed by atoms with van der Waals surface area (Å²) in [6.07, 6.45) is 5.64. The number of amides is 1. The van der Waals surface area contributed by atoms with Crippen molar-refractivity contribution in [2.24, 2.45) is 4.99 Å². The van der Waals surface area contributed by atoms with Crippen molar-refractivity contribution in [3.05, 3.63) is 12.3 Å².